The summed E-state index contributed by atoms with van der Waals surface area (Å²) in [6.07, 6.45) is 4.78. The van der Waals surface area contributed by atoms with Crippen LogP contribution in [-0.2, 0) is 0 Å². The normalized spacial score (nSPS) is 15.6. The highest BCUT2D eigenvalue weighted by Gasteiger charge is 2.25. The molecule has 2 aromatic rings. The molecule has 7 heteroatoms. The van der Waals surface area contributed by atoms with Crippen LogP contribution in [0.4, 0.5) is 10.5 Å². The third-order valence-corrected chi connectivity index (χ3v) is 5.13. The highest BCUT2D eigenvalue weighted by atomic mass is 16.6. The Morgan fingerprint density at radius 1 is 0.724 bits per heavy atom. The number of amides is 2. The second kappa shape index (κ2) is 9.82. The first-order chi connectivity index (χ1) is 14.1. The van der Waals surface area contributed by atoms with Gasteiger partial charge in [-0.1, -0.05) is 30.3 Å². The van der Waals surface area contributed by atoms with E-state index < -0.39 is 4.92 Å². The second-order valence-electron chi connectivity index (χ2n) is 7.17. The van der Waals surface area contributed by atoms with Gasteiger partial charge in [0.25, 0.3) is 5.69 Å². The molecule has 2 aliphatic heterocycles. The van der Waals surface area contributed by atoms with Crippen LogP contribution in [0.5, 0.6) is 0 Å². The van der Waals surface area contributed by atoms with E-state index in [4.69, 9.17) is 0 Å². The zero-order chi connectivity index (χ0) is 20.6. The predicted octanol–water partition coefficient (Wildman–Crippen LogP) is 4.12. The first kappa shape index (κ1) is 20.5. The Bertz CT molecular complexity index is 822. The second-order valence-corrected chi connectivity index (χ2v) is 7.17. The molecule has 152 valence electrons. The van der Waals surface area contributed by atoms with Crippen molar-refractivity contribution in [3.8, 4) is 0 Å². The Kier molecular flexibility index (Phi) is 6.94. The summed E-state index contributed by atoms with van der Waals surface area (Å²) in [4.78, 5) is 37.6. The lowest BCUT2D eigenvalue weighted by atomic mass is 10.0. The molecule has 2 fully saturated rings. The summed E-state index contributed by atoms with van der Waals surface area (Å²) in [6, 6.07) is 14.7. The number of nitro groups is 1. The molecule has 29 heavy (non-hydrogen) atoms. The number of likely N-dealkylation sites (tertiary alicyclic amines) is 2. The molecule has 0 aliphatic carbocycles. The summed E-state index contributed by atoms with van der Waals surface area (Å²) in [5.41, 5.74) is 0.998. The van der Waals surface area contributed by atoms with E-state index in [1.165, 1.54) is 49.9 Å². The fraction of sp³-hybridized carbons (Fsp3) is 0.364. The summed E-state index contributed by atoms with van der Waals surface area (Å²) in [5.74, 6) is -0.138. The minimum absolute atomic E-state index is 0.0189. The number of carbonyl (C=O) groups excluding carboxylic acids is 2. The SMILES string of the molecule is O=C(N1CCCC1)N1CCCC1.O=C(c1ccccc1)c1ccc([N+](=O)[O-])cc1. The van der Waals surface area contributed by atoms with Crippen LogP contribution in [0.25, 0.3) is 0 Å². The Hall–Kier alpha value is -3.22. The number of nitro benzene ring substituents is 1. The van der Waals surface area contributed by atoms with Gasteiger partial charge in [0.2, 0.25) is 0 Å². The zero-order valence-corrected chi connectivity index (χ0v) is 16.3. The van der Waals surface area contributed by atoms with E-state index in [-0.39, 0.29) is 17.5 Å². The van der Waals surface area contributed by atoms with Crippen LogP contribution in [0, 0.1) is 10.1 Å². The van der Waals surface area contributed by atoms with Gasteiger partial charge in [0.05, 0.1) is 4.92 Å². The zero-order valence-electron chi connectivity index (χ0n) is 16.3. The van der Waals surface area contributed by atoms with E-state index in [1.54, 1.807) is 24.3 Å². The Morgan fingerprint density at radius 3 is 1.62 bits per heavy atom. The van der Waals surface area contributed by atoms with Crippen LogP contribution >= 0.6 is 0 Å². The van der Waals surface area contributed by atoms with Crippen molar-refractivity contribution in [2.24, 2.45) is 0 Å². The Balaban J connectivity index is 0.000000176. The molecule has 0 atom stereocenters. The molecular weight excluding hydrogens is 370 g/mol. The molecule has 0 radical (unpaired) electrons. The van der Waals surface area contributed by atoms with Gasteiger partial charge in [-0.3, -0.25) is 14.9 Å². The first-order valence-corrected chi connectivity index (χ1v) is 9.94. The Labute approximate surface area is 170 Å². The maximum Gasteiger partial charge on any atom is 0.319 e. The average Bonchev–Trinajstić information content (AvgIpc) is 3.48. The maximum absolute atomic E-state index is 12.0. The van der Waals surface area contributed by atoms with Crippen LogP contribution in [0.1, 0.15) is 41.6 Å². The molecule has 2 saturated heterocycles. The summed E-state index contributed by atoms with van der Waals surface area (Å²) in [7, 11) is 0. The van der Waals surface area contributed by atoms with Crippen molar-refractivity contribution in [1.82, 2.24) is 9.80 Å². The lowest BCUT2D eigenvalue weighted by Gasteiger charge is -2.23. The average molecular weight is 395 g/mol. The van der Waals surface area contributed by atoms with E-state index in [2.05, 4.69) is 0 Å². The van der Waals surface area contributed by atoms with Gasteiger partial charge >= 0.3 is 6.03 Å². The Morgan fingerprint density at radius 2 is 1.17 bits per heavy atom. The third kappa shape index (κ3) is 5.40. The predicted molar refractivity (Wildman–Crippen MR) is 110 cm³/mol. The molecule has 0 bridgehead atoms. The summed E-state index contributed by atoms with van der Waals surface area (Å²) in [6.45, 7) is 3.93. The van der Waals surface area contributed by atoms with Gasteiger partial charge in [-0.2, -0.15) is 0 Å². The molecule has 0 aromatic heterocycles. The van der Waals surface area contributed by atoms with Gasteiger partial charge in [-0.05, 0) is 37.8 Å². The van der Waals surface area contributed by atoms with Crippen LogP contribution in [0.3, 0.4) is 0 Å². The highest BCUT2D eigenvalue weighted by Crippen LogP contribution is 2.16. The molecule has 2 heterocycles. The fourth-order valence-electron chi connectivity index (χ4n) is 3.51. The van der Waals surface area contributed by atoms with Crippen molar-refractivity contribution in [1.29, 1.82) is 0 Å². The monoisotopic (exact) mass is 395 g/mol. The summed E-state index contributed by atoms with van der Waals surface area (Å²) >= 11 is 0. The number of rotatable bonds is 3. The number of hydrogen-bond donors (Lipinski definition) is 0. The molecule has 0 spiro atoms. The van der Waals surface area contributed by atoms with Gasteiger partial charge in [-0.15, -0.1) is 0 Å². The van der Waals surface area contributed by atoms with Crippen LogP contribution in [0.2, 0.25) is 0 Å². The maximum atomic E-state index is 12.0. The molecule has 7 nitrogen and oxygen atoms in total. The molecule has 0 N–H and O–H groups in total. The standard InChI is InChI=1S/C13H9NO3.C9H16N2O/c15-13(10-4-2-1-3-5-10)11-6-8-12(9-7-11)14(16)17;12-9(10-5-1-2-6-10)11-7-3-4-8-11/h1-9H;1-8H2. The van der Waals surface area contributed by atoms with Gasteiger partial charge in [0, 0.05) is 49.4 Å². The molecular formula is C22H25N3O4. The van der Waals surface area contributed by atoms with Crippen molar-refractivity contribution in [2.75, 3.05) is 26.2 Å². The number of nitrogens with zero attached hydrogens (tertiary/aromatic N) is 3. The number of carbonyl (C=O) groups is 2. The van der Waals surface area contributed by atoms with Gasteiger partial charge in [-0.25, -0.2) is 4.79 Å². The van der Waals surface area contributed by atoms with Gasteiger partial charge < -0.3 is 9.80 Å². The molecule has 2 aliphatic rings. The van der Waals surface area contributed by atoms with Gasteiger partial charge in [0.15, 0.2) is 5.78 Å². The lowest BCUT2D eigenvalue weighted by molar-refractivity contribution is -0.384. The largest absolute Gasteiger partial charge is 0.325 e. The molecule has 0 saturated carbocycles. The number of hydrogen-bond acceptors (Lipinski definition) is 4. The van der Waals surface area contributed by atoms with Gasteiger partial charge in [0.1, 0.15) is 0 Å². The van der Waals surface area contributed by atoms with Crippen molar-refractivity contribution >= 4 is 17.5 Å². The first-order valence-electron chi connectivity index (χ1n) is 9.94. The van der Waals surface area contributed by atoms with E-state index in [0.717, 1.165) is 26.2 Å². The lowest BCUT2D eigenvalue weighted by Crippen LogP contribution is -2.39. The highest BCUT2D eigenvalue weighted by molar-refractivity contribution is 6.09. The molecule has 2 aromatic carbocycles. The number of ketones is 1. The van der Waals surface area contributed by atoms with Crippen LogP contribution < -0.4 is 0 Å². The van der Waals surface area contributed by atoms with Crippen LogP contribution in [0.15, 0.2) is 54.6 Å². The van der Waals surface area contributed by atoms with Crippen molar-refractivity contribution < 1.29 is 14.5 Å². The molecule has 2 amide bonds. The third-order valence-electron chi connectivity index (χ3n) is 5.13. The fourth-order valence-corrected chi connectivity index (χ4v) is 3.51. The quantitative estimate of drug-likeness (QED) is 0.444. The minimum Gasteiger partial charge on any atom is -0.325 e. The van der Waals surface area contributed by atoms with Crippen molar-refractivity contribution in [3.05, 3.63) is 75.8 Å². The van der Waals surface area contributed by atoms with E-state index in [0.29, 0.717) is 11.1 Å². The molecule has 0 unspecified atom stereocenters. The summed E-state index contributed by atoms with van der Waals surface area (Å²) < 4.78 is 0. The van der Waals surface area contributed by atoms with Crippen LogP contribution in [-0.4, -0.2) is 52.7 Å². The number of benzene rings is 2. The molecule has 4 rings (SSSR count). The van der Waals surface area contributed by atoms with Crippen molar-refractivity contribution in [3.63, 3.8) is 0 Å². The van der Waals surface area contributed by atoms with E-state index >= 15 is 0 Å². The number of urea groups is 1. The summed E-state index contributed by atoms with van der Waals surface area (Å²) in [5, 5.41) is 10.5. The van der Waals surface area contributed by atoms with Crippen molar-refractivity contribution in [2.45, 2.75) is 25.7 Å². The smallest absolute Gasteiger partial charge is 0.319 e. The van der Waals surface area contributed by atoms with E-state index in [1.807, 2.05) is 15.9 Å². The minimum atomic E-state index is -0.489. The number of non-ortho nitro benzene ring substituents is 1. The van der Waals surface area contributed by atoms with E-state index in [9.17, 15) is 19.7 Å². The topological polar surface area (TPSA) is 83.8 Å².